The molecule has 0 radical (unpaired) electrons. The fourth-order valence-corrected chi connectivity index (χ4v) is 3.72. The van der Waals surface area contributed by atoms with Crippen LogP contribution in [0, 0.1) is 0 Å². The molecule has 2 heterocycles. The Kier molecular flexibility index (Phi) is 4.24. The van der Waals surface area contributed by atoms with Crippen LogP contribution in [0.1, 0.15) is 37.4 Å². The van der Waals surface area contributed by atoms with Gasteiger partial charge in [0.2, 0.25) is 0 Å². The summed E-state index contributed by atoms with van der Waals surface area (Å²) in [6, 6.07) is 10.6. The van der Waals surface area contributed by atoms with E-state index < -0.39 is 0 Å². The average Bonchev–Trinajstić information content (AvgIpc) is 3.17. The molecule has 1 aromatic carbocycles. The minimum atomic E-state index is 0.550. The van der Waals surface area contributed by atoms with Crippen molar-refractivity contribution in [1.82, 2.24) is 15.3 Å². The molecular weight excluding hydrogens is 284 g/mol. The maximum absolute atomic E-state index is 5.03. The standard InChI is InChI=1S/C19H24N4/c1-2-6-15(7-3-1)18-17(23-12-10-20-11-13-23)14-21-19(22-18)16-8-4-5-9-16/h1-3,6-7,14,16,20H,4-5,8-13H2. The van der Waals surface area contributed by atoms with Crippen LogP contribution in [-0.4, -0.2) is 36.1 Å². The Labute approximate surface area is 138 Å². The summed E-state index contributed by atoms with van der Waals surface area (Å²) in [6.07, 6.45) is 7.17. The van der Waals surface area contributed by atoms with E-state index in [2.05, 4.69) is 46.7 Å². The maximum atomic E-state index is 5.03. The summed E-state index contributed by atoms with van der Waals surface area (Å²) in [5.41, 5.74) is 3.48. The van der Waals surface area contributed by atoms with Crippen LogP contribution >= 0.6 is 0 Å². The largest absolute Gasteiger partial charge is 0.366 e. The van der Waals surface area contributed by atoms with Crippen molar-refractivity contribution in [3.63, 3.8) is 0 Å². The van der Waals surface area contributed by atoms with E-state index >= 15 is 0 Å². The number of benzene rings is 1. The summed E-state index contributed by atoms with van der Waals surface area (Å²) in [7, 11) is 0. The Balaban J connectivity index is 1.75. The number of nitrogens with zero attached hydrogens (tertiary/aromatic N) is 3. The van der Waals surface area contributed by atoms with Crippen molar-refractivity contribution in [3.05, 3.63) is 42.4 Å². The van der Waals surface area contributed by atoms with E-state index in [0.717, 1.165) is 37.7 Å². The number of hydrogen-bond donors (Lipinski definition) is 1. The second-order valence-corrected chi connectivity index (χ2v) is 6.55. The molecule has 0 amide bonds. The molecule has 1 saturated carbocycles. The van der Waals surface area contributed by atoms with Gasteiger partial charge in [0.1, 0.15) is 5.82 Å². The van der Waals surface area contributed by atoms with Gasteiger partial charge in [-0.1, -0.05) is 43.2 Å². The van der Waals surface area contributed by atoms with Crippen LogP contribution < -0.4 is 10.2 Å². The lowest BCUT2D eigenvalue weighted by Crippen LogP contribution is -2.43. The van der Waals surface area contributed by atoms with E-state index in [1.54, 1.807) is 0 Å². The predicted molar refractivity (Wildman–Crippen MR) is 93.8 cm³/mol. The van der Waals surface area contributed by atoms with Gasteiger partial charge in [0.05, 0.1) is 17.6 Å². The summed E-state index contributed by atoms with van der Waals surface area (Å²) in [5.74, 6) is 1.59. The molecule has 23 heavy (non-hydrogen) atoms. The van der Waals surface area contributed by atoms with Crippen LogP contribution in [0.5, 0.6) is 0 Å². The molecule has 4 nitrogen and oxygen atoms in total. The summed E-state index contributed by atoms with van der Waals surface area (Å²) in [5, 5.41) is 3.42. The van der Waals surface area contributed by atoms with Gasteiger partial charge in [0.25, 0.3) is 0 Å². The lowest BCUT2D eigenvalue weighted by Gasteiger charge is -2.30. The van der Waals surface area contributed by atoms with E-state index in [4.69, 9.17) is 9.97 Å². The van der Waals surface area contributed by atoms with E-state index in [1.165, 1.54) is 36.9 Å². The van der Waals surface area contributed by atoms with E-state index in [0.29, 0.717) is 5.92 Å². The van der Waals surface area contributed by atoms with Gasteiger partial charge >= 0.3 is 0 Å². The SMILES string of the molecule is c1ccc(-c2nc(C3CCCC3)ncc2N2CCNCC2)cc1. The molecule has 0 bridgehead atoms. The normalized spacial score (nSPS) is 19.2. The van der Waals surface area contributed by atoms with Crippen LogP contribution in [0.25, 0.3) is 11.3 Å². The van der Waals surface area contributed by atoms with Gasteiger partial charge in [-0.3, -0.25) is 0 Å². The molecule has 1 aromatic heterocycles. The first-order valence-corrected chi connectivity index (χ1v) is 8.80. The molecule has 1 aliphatic carbocycles. The number of anilines is 1. The molecule has 1 saturated heterocycles. The minimum Gasteiger partial charge on any atom is -0.366 e. The van der Waals surface area contributed by atoms with Gasteiger partial charge < -0.3 is 10.2 Å². The molecule has 120 valence electrons. The molecule has 0 spiro atoms. The first kappa shape index (κ1) is 14.6. The predicted octanol–water partition coefficient (Wildman–Crippen LogP) is 3.21. The third-order valence-electron chi connectivity index (χ3n) is 5.01. The van der Waals surface area contributed by atoms with Gasteiger partial charge in [-0.25, -0.2) is 9.97 Å². The molecule has 2 fully saturated rings. The Bertz CT molecular complexity index is 644. The fraction of sp³-hybridized carbons (Fsp3) is 0.474. The summed E-state index contributed by atoms with van der Waals surface area (Å²) < 4.78 is 0. The zero-order valence-corrected chi connectivity index (χ0v) is 13.5. The van der Waals surface area contributed by atoms with Crippen LogP contribution in [0.15, 0.2) is 36.5 Å². The molecule has 1 aliphatic heterocycles. The van der Waals surface area contributed by atoms with Crippen LogP contribution in [0.2, 0.25) is 0 Å². The molecule has 4 rings (SSSR count). The number of nitrogens with one attached hydrogen (secondary N) is 1. The Morgan fingerprint density at radius 2 is 1.74 bits per heavy atom. The maximum Gasteiger partial charge on any atom is 0.132 e. The topological polar surface area (TPSA) is 41.1 Å². The van der Waals surface area contributed by atoms with Gasteiger partial charge in [0, 0.05) is 37.7 Å². The lowest BCUT2D eigenvalue weighted by atomic mass is 10.1. The molecule has 4 heteroatoms. The number of piperazine rings is 1. The number of aromatic nitrogens is 2. The third kappa shape index (κ3) is 3.08. The van der Waals surface area contributed by atoms with Crippen molar-refractivity contribution >= 4 is 5.69 Å². The lowest BCUT2D eigenvalue weighted by molar-refractivity contribution is 0.587. The van der Waals surface area contributed by atoms with Crippen LogP contribution in [0.4, 0.5) is 5.69 Å². The van der Waals surface area contributed by atoms with Crippen molar-refractivity contribution in [2.75, 3.05) is 31.1 Å². The Hall–Kier alpha value is -1.94. The van der Waals surface area contributed by atoms with Crippen molar-refractivity contribution in [1.29, 1.82) is 0 Å². The van der Waals surface area contributed by atoms with Gasteiger partial charge in [-0.15, -0.1) is 0 Å². The van der Waals surface area contributed by atoms with Crippen molar-refractivity contribution in [2.45, 2.75) is 31.6 Å². The smallest absolute Gasteiger partial charge is 0.132 e. The molecule has 2 aliphatic rings. The average molecular weight is 308 g/mol. The third-order valence-corrected chi connectivity index (χ3v) is 5.01. The fourth-order valence-electron chi connectivity index (χ4n) is 3.72. The van der Waals surface area contributed by atoms with E-state index in [1.807, 2.05) is 0 Å². The minimum absolute atomic E-state index is 0.550. The molecule has 1 N–H and O–H groups in total. The second kappa shape index (κ2) is 6.67. The summed E-state index contributed by atoms with van der Waals surface area (Å²) in [6.45, 7) is 4.09. The van der Waals surface area contributed by atoms with Crippen LogP contribution in [-0.2, 0) is 0 Å². The second-order valence-electron chi connectivity index (χ2n) is 6.55. The quantitative estimate of drug-likeness (QED) is 0.945. The zero-order valence-electron chi connectivity index (χ0n) is 13.5. The highest BCUT2D eigenvalue weighted by Crippen LogP contribution is 2.35. The highest BCUT2D eigenvalue weighted by atomic mass is 15.2. The Morgan fingerprint density at radius 1 is 1.00 bits per heavy atom. The molecule has 2 aromatic rings. The first-order valence-electron chi connectivity index (χ1n) is 8.80. The molecule has 0 atom stereocenters. The Morgan fingerprint density at radius 3 is 2.48 bits per heavy atom. The molecule has 0 unspecified atom stereocenters. The van der Waals surface area contributed by atoms with Gasteiger partial charge in [-0.2, -0.15) is 0 Å². The summed E-state index contributed by atoms with van der Waals surface area (Å²) >= 11 is 0. The summed E-state index contributed by atoms with van der Waals surface area (Å²) in [4.78, 5) is 12.2. The van der Waals surface area contributed by atoms with Crippen molar-refractivity contribution in [3.8, 4) is 11.3 Å². The highest BCUT2D eigenvalue weighted by molar-refractivity contribution is 5.74. The monoisotopic (exact) mass is 308 g/mol. The van der Waals surface area contributed by atoms with E-state index in [-0.39, 0.29) is 0 Å². The van der Waals surface area contributed by atoms with Gasteiger partial charge in [-0.05, 0) is 12.8 Å². The highest BCUT2D eigenvalue weighted by Gasteiger charge is 2.23. The van der Waals surface area contributed by atoms with Crippen molar-refractivity contribution < 1.29 is 0 Å². The number of hydrogen-bond acceptors (Lipinski definition) is 4. The van der Waals surface area contributed by atoms with Crippen LogP contribution in [0.3, 0.4) is 0 Å². The first-order chi connectivity index (χ1) is 11.4. The van der Waals surface area contributed by atoms with E-state index in [9.17, 15) is 0 Å². The van der Waals surface area contributed by atoms with Crippen molar-refractivity contribution in [2.24, 2.45) is 0 Å². The molecular formula is C19H24N4. The number of rotatable bonds is 3. The van der Waals surface area contributed by atoms with Gasteiger partial charge in [0.15, 0.2) is 0 Å². The zero-order chi connectivity index (χ0) is 15.5.